The van der Waals surface area contributed by atoms with E-state index < -0.39 is 4.92 Å². The average molecular weight is 263 g/mol. The van der Waals surface area contributed by atoms with Crippen LogP contribution >= 0.6 is 0 Å². The Bertz CT molecular complexity index is 490. The van der Waals surface area contributed by atoms with Crippen LogP contribution in [0.4, 0.5) is 5.69 Å². The topological polar surface area (TPSA) is 84.3 Å². The summed E-state index contributed by atoms with van der Waals surface area (Å²) in [5, 5.41) is 17.0. The van der Waals surface area contributed by atoms with Gasteiger partial charge in [-0.15, -0.1) is 0 Å². The van der Waals surface area contributed by atoms with Gasteiger partial charge in [0.05, 0.1) is 4.92 Å². The summed E-state index contributed by atoms with van der Waals surface area (Å²) in [4.78, 5) is 22.5. The van der Waals surface area contributed by atoms with Crippen LogP contribution in [0.2, 0.25) is 0 Å². The lowest BCUT2D eigenvalue weighted by atomic mass is 9.94. The van der Waals surface area contributed by atoms with Crippen molar-refractivity contribution in [1.82, 2.24) is 10.6 Å². The van der Waals surface area contributed by atoms with Crippen molar-refractivity contribution in [2.24, 2.45) is 5.92 Å². The second-order valence-electron chi connectivity index (χ2n) is 4.82. The Labute approximate surface area is 111 Å². The first kappa shape index (κ1) is 13.5. The predicted octanol–water partition coefficient (Wildman–Crippen LogP) is 1.32. The van der Waals surface area contributed by atoms with Crippen molar-refractivity contribution in [2.45, 2.75) is 19.4 Å². The molecule has 0 aliphatic carbocycles. The number of para-hydroxylation sites is 1. The Morgan fingerprint density at radius 2 is 2.21 bits per heavy atom. The second kappa shape index (κ2) is 5.79. The molecule has 0 radical (unpaired) electrons. The lowest BCUT2D eigenvalue weighted by Gasteiger charge is -2.30. The van der Waals surface area contributed by atoms with Gasteiger partial charge in [-0.3, -0.25) is 14.9 Å². The number of nitrogens with one attached hydrogen (secondary N) is 2. The van der Waals surface area contributed by atoms with Crippen LogP contribution in [0.25, 0.3) is 0 Å². The molecule has 102 valence electrons. The molecule has 0 bridgehead atoms. The Morgan fingerprint density at radius 1 is 1.47 bits per heavy atom. The standard InChI is InChI=1S/C13H17N3O3/c1-9-6-7-14-8-11(9)15-13(17)10-4-2-3-5-12(10)16(18)19/h2-5,9,11,14H,6-8H2,1H3,(H,15,17). The molecule has 2 unspecified atom stereocenters. The maximum absolute atomic E-state index is 12.1. The summed E-state index contributed by atoms with van der Waals surface area (Å²) < 4.78 is 0. The quantitative estimate of drug-likeness (QED) is 0.636. The van der Waals surface area contributed by atoms with Gasteiger partial charge in [-0.25, -0.2) is 0 Å². The highest BCUT2D eigenvalue weighted by Gasteiger charge is 2.26. The molecule has 1 aliphatic rings. The molecule has 2 atom stereocenters. The summed E-state index contributed by atoms with van der Waals surface area (Å²) in [6, 6.07) is 6.02. The molecule has 0 aromatic heterocycles. The molecule has 1 fully saturated rings. The zero-order chi connectivity index (χ0) is 13.8. The fourth-order valence-corrected chi connectivity index (χ4v) is 2.25. The number of benzene rings is 1. The Hall–Kier alpha value is -1.95. The van der Waals surface area contributed by atoms with Gasteiger partial charge in [0.15, 0.2) is 0 Å². The minimum atomic E-state index is -0.530. The normalized spacial score (nSPS) is 22.8. The monoisotopic (exact) mass is 263 g/mol. The van der Waals surface area contributed by atoms with Crippen molar-refractivity contribution >= 4 is 11.6 Å². The van der Waals surface area contributed by atoms with Crippen molar-refractivity contribution in [3.8, 4) is 0 Å². The molecule has 1 heterocycles. The highest BCUT2D eigenvalue weighted by atomic mass is 16.6. The highest BCUT2D eigenvalue weighted by molar-refractivity contribution is 5.98. The van der Waals surface area contributed by atoms with Crippen molar-refractivity contribution in [3.05, 3.63) is 39.9 Å². The van der Waals surface area contributed by atoms with Gasteiger partial charge in [-0.2, -0.15) is 0 Å². The summed E-state index contributed by atoms with van der Waals surface area (Å²) in [6.07, 6.45) is 0.988. The molecule has 1 aliphatic heterocycles. The van der Waals surface area contributed by atoms with Gasteiger partial charge in [0, 0.05) is 18.7 Å². The smallest absolute Gasteiger partial charge is 0.282 e. The molecule has 0 saturated carbocycles. The first-order valence-corrected chi connectivity index (χ1v) is 6.34. The van der Waals surface area contributed by atoms with Gasteiger partial charge < -0.3 is 10.6 Å². The maximum atomic E-state index is 12.1. The summed E-state index contributed by atoms with van der Waals surface area (Å²) in [5.41, 5.74) is -0.0401. The van der Waals surface area contributed by atoms with Gasteiger partial charge in [-0.05, 0) is 24.9 Å². The van der Waals surface area contributed by atoms with E-state index in [9.17, 15) is 14.9 Å². The van der Waals surface area contributed by atoms with Crippen LogP contribution in [0.1, 0.15) is 23.7 Å². The Morgan fingerprint density at radius 3 is 2.89 bits per heavy atom. The first-order valence-electron chi connectivity index (χ1n) is 6.34. The number of nitro groups is 1. The van der Waals surface area contributed by atoms with Crippen LogP contribution in [0, 0.1) is 16.0 Å². The van der Waals surface area contributed by atoms with Crippen molar-refractivity contribution in [3.63, 3.8) is 0 Å². The lowest BCUT2D eigenvalue weighted by molar-refractivity contribution is -0.385. The van der Waals surface area contributed by atoms with Crippen LogP contribution < -0.4 is 10.6 Å². The fraction of sp³-hybridized carbons (Fsp3) is 0.462. The predicted molar refractivity (Wildman–Crippen MR) is 71.0 cm³/mol. The van der Waals surface area contributed by atoms with E-state index in [0.29, 0.717) is 12.5 Å². The van der Waals surface area contributed by atoms with E-state index in [1.165, 1.54) is 12.1 Å². The van der Waals surface area contributed by atoms with Gasteiger partial charge in [0.2, 0.25) is 0 Å². The molecule has 1 aromatic carbocycles. The van der Waals surface area contributed by atoms with E-state index in [2.05, 4.69) is 17.6 Å². The molecular formula is C13H17N3O3. The molecule has 1 aromatic rings. The number of hydrogen-bond acceptors (Lipinski definition) is 4. The Kier molecular flexibility index (Phi) is 4.11. The number of hydrogen-bond donors (Lipinski definition) is 2. The molecule has 2 N–H and O–H groups in total. The molecule has 19 heavy (non-hydrogen) atoms. The van der Waals surface area contributed by atoms with Crippen molar-refractivity contribution in [1.29, 1.82) is 0 Å². The van der Waals surface area contributed by atoms with E-state index in [1.807, 2.05) is 0 Å². The highest BCUT2D eigenvalue weighted by Crippen LogP contribution is 2.18. The lowest BCUT2D eigenvalue weighted by Crippen LogP contribution is -2.50. The number of nitrogens with zero attached hydrogens (tertiary/aromatic N) is 1. The number of carbonyl (C=O) groups excluding carboxylic acids is 1. The van der Waals surface area contributed by atoms with Gasteiger partial charge in [0.1, 0.15) is 5.56 Å². The molecule has 6 nitrogen and oxygen atoms in total. The van der Waals surface area contributed by atoms with Crippen LogP contribution in [-0.2, 0) is 0 Å². The van der Waals surface area contributed by atoms with E-state index in [-0.39, 0.29) is 23.2 Å². The SMILES string of the molecule is CC1CCNCC1NC(=O)c1ccccc1[N+](=O)[O-]. The third-order valence-corrected chi connectivity index (χ3v) is 3.49. The van der Waals surface area contributed by atoms with Crippen LogP contribution in [0.15, 0.2) is 24.3 Å². The Balaban J connectivity index is 2.13. The number of carbonyl (C=O) groups is 1. The van der Waals surface area contributed by atoms with Crippen LogP contribution in [0.3, 0.4) is 0 Å². The van der Waals surface area contributed by atoms with E-state index in [1.54, 1.807) is 12.1 Å². The summed E-state index contributed by atoms with van der Waals surface area (Å²) in [7, 11) is 0. The van der Waals surface area contributed by atoms with E-state index in [0.717, 1.165) is 13.0 Å². The summed E-state index contributed by atoms with van der Waals surface area (Å²) in [5.74, 6) is -0.0131. The third kappa shape index (κ3) is 3.08. The van der Waals surface area contributed by atoms with E-state index in [4.69, 9.17) is 0 Å². The van der Waals surface area contributed by atoms with Crippen LogP contribution in [-0.4, -0.2) is 30.0 Å². The van der Waals surface area contributed by atoms with Gasteiger partial charge in [-0.1, -0.05) is 19.1 Å². The number of rotatable bonds is 3. The van der Waals surface area contributed by atoms with Gasteiger partial charge in [0.25, 0.3) is 11.6 Å². The van der Waals surface area contributed by atoms with Crippen molar-refractivity contribution < 1.29 is 9.72 Å². The van der Waals surface area contributed by atoms with E-state index >= 15 is 0 Å². The molecule has 2 rings (SSSR count). The zero-order valence-corrected chi connectivity index (χ0v) is 10.8. The third-order valence-electron chi connectivity index (χ3n) is 3.49. The largest absolute Gasteiger partial charge is 0.348 e. The van der Waals surface area contributed by atoms with Crippen molar-refractivity contribution in [2.75, 3.05) is 13.1 Å². The number of amides is 1. The number of nitro benzene ring substituents is 1. The molecule has 1 saturated heterocycles. The fourth-order valence-electron chi connectivity index (χ4n) is 2.25. The van der Waals surface area contributed by atoms with Crippen LogP contribution in [0.5, 0.6) is 0 Å². The maximum Gasteiger partial charge on any atom is 0.282 e. The molecular weight excluding hydrogens is 246 g/mol. The second-order valence-corrected chi connectivity index (χ2v) is 4.82. The minimum absolute atomic E-state index is 0.0149. The molecule has 0 spiro atoms. The van der Waals surface area contributed by atoms with Gasteiger partial charge >= 0.3 is 0 Å². The molecule has 1 amide bonds. The number of piperidine rings is 1. The summed E-state index contributed by atoms with van der Waals surface area (Å²) in [6.45, 7) is 3.72. The first-order chi connectivity index (χ1) is 9.09. The average Bonchev–Trinajstić information content (AvgIpc) is 2.41. The molecule has 6 heteroatoms. The zero-order valence-electron chi connectivity index (χ0n) is 10.8. The minimum Gasteiger partial charge on any atom is -0.348 e. The summed E-state index contributed by atoms with van der Waals surface area (Å²) >= 11 is 0.